The number of anilines is 1. The minimum absolute atomic E-state index is 0.0799. The second kappa shape index (κ2) is 7.94. The molecule has 2 amide bonds. The van der Waals surface area contributed by atoms with Crippen molar-refractivity contribution >= 4 is 11.8 Å². The maximum atomic E-state index is 12.6. The average molecular weight is 331 g/mol. The number of nitrogens with one attached hydrogen (secondary N) is 1. The molecule has 130 valence electrons. The summed E-state index contributed by atoms with van der Waals surface area (Å²) in [5.74, 6) is 0.518. The van der Waals surface area contributed by atoms with Gasteiger partial charge in [0.05, 0.1) is 6.20 Å². The van der Waals surface area contributed by atoms with Gasteiger partial charge < -0.3 is 4.90 Å². The van der Waals surface area contributed by atoms with Gasteiger partial charge in [-0.1, -0.05) is 12.1 Å². The first-order valence-corrected chi connectivity index (χ1v) is 8.71. The van der Waals surface area contributed by atoms with Crippen molar-refractivity contribution in [2.45, 2.75) is 58.2 Å². The Morgan fingerprint density at radius 1 is 1.33 bits per heavy atom. The highest BCUT2D eigenvalue weighted by Crippen LogP contribution is 2.21. The molecule has 0 bridgehead atoms. The van der Waals surface area contributed by atoms with Crippen LogP contribution in [0.15, 0.2) is 24.7 Å². The molecule has 24 heavy (non-hydrogen) atoms. The van der Waals surface area contributed by atoms with Gasteiger partial charge in [0.25, 0.3) is 0 Å². The van der Waals surface area contributed by atoms with Gasteiger partial charge in [-0.05, 0) is 38.2 Å². The molecule has 0 saturated carbocycles. The molecular weight excluding hydrogens is 306 g/mol. The number of rotatable bonds is 6. The molecule has 8 heteroatoms. The lowest BCUT2D eigenvalue weighted by molar-refractivity contribution is 0.154. The first kappa shape index (κ1) is 16.5. The molecule has 2 aromatic heterocycles. The Balaban J connectivity index is 1.57. The van der Waals surface area contributed by atoms with Crippen molar-refractivity contribution in [3.05, 3.63) is 24.7 Å². The van der Waals surface area contributed by atoms with E-state index < -0.39 is 0 Å². The second-order valence-corrected chi connectivity index (χ2v) is 6.20. The van der Waals surface area contributed by atoms with E-state index in [1.807, 2.05) is 21.8 Å². The van der Waals surface area contributed by atoms with Crippen LogP contribution in [0, 0.1) is 0 Å². The maximum absolute atomic E-state index is 12.6. The summed E-state index contributed by atoms with van der Waals surface area (Å²) in [4.78, 5) is 14.6. The Morgan fingerprint density at radius 3 is 3.04 bits per heavy atom. The van der Waals surface area contributed by atoms with Gasteiger partial charge in [-0.3, -0.25) is 14.7 Å². The van der Waals surface area contributed by atoms with Crippen molar-refractivity contribution in [1.29, 1.82) is 0 Å². The molecule has 0 radical (unpaired) electrons. The summed E-state index contributed by atoms with van der Waals surface area (Å²) in [5.41, 5.74) is 0. The van der Waals surface area contributed by atoms with Crippen molar-refractivity contribution in [3.63, 3.8) is 0 Å². The summed E-state index contributed by atoms with van der Waals surface area (Å²) in [5, 5.41) is 15.2. The highest BCUT2D eigenvalue weighted by atomic mass is 16.2. The highest BCUT2D eigenvalue weighted by molar-refractivity contribution is 5.88. The zero-order chi connectivity index (χ0) is 16.8. The quantitative estimate of drug-likeness (QED) is 0.881. The lowest BCUT2D eigenvalue weighted by Crippen LogP contribution is -2.46. The first-order valence-electron chi connectivity index (χ1n) is 8.71. The van der Waals surface area contributed by atoms with Crippen LogP contribution in [0.5, 0.6) is 0 Å². The first-order chi connectivity index (χ1) is 11.8. The molecule has 0 unspecified atom stereocenters. The third-order valence-electron chi connectivity index (χ3n) is 4.36. The summed E-state index contributed by atoms with van der Waals surface area (Å²) in [7, 11) is 0. The van der Waals surface area contributed by atoms with E-state index in [9.17, 15) is 4.79 Å². The summed E-state index contributed by atoms with van der Waals surface area (Å²) in [6.07, 6.45) is 10.7. The van der Waals surface area contributed by atoms with Gasteiger partial charge in [0.1, 0.15) is 0 Å². The number of carbonyl (C=O) groups is 1. The van der Waals surface area contributed by atoms with Crippen LogP contribution in [0.3, 0.4) is 0 Å². The van der Waals surface area contributed by atoms with Crippen LogP contribution in [-0.2, 0) is 13.1 Å². The lowest BCUT2D eigenvalue weighted by Gasteiger charge is -2.35. The standard InChI is InChI=1S/C16H25N7O/c1-2-9-22-13-15(19-20-22)18-16(24)23-11-4-3-6-14(23)7-12-21-10-5-8-17-21/h5,8,10,13-14H,2-4,6-7,9,11-12H2,1H3,(H,18,24)/t14-/m1/s1. The van der Waals surface area contributed by atoms with E-state index in [4.69, 9.17) is 0 Å². The predicted octanol–water partition coefficient (Wildman–Crippen LogP) is 2.36. The fourth-order valence-electron chi connectivity index (χ4n) is 3.16. The van der Waals surface area contributed by atoms with Crippen LogP contribution in [0.4, 0.5) is 10.6 Å². The molecule has 8 nitrogen and oxygen atoms in total. The summed E-state index contributed by atoms with van der Waals surface area (Å²) < 4.78 is 3.67. The molecule has 1 fully saturated rings. The number of aryl methyl sites for hydroxylation is 2. The molecule has 1 saturated heterocycles. The van der Waals surface area contributed by atoms with Gasteiger partial charge in [-0.15, -0.1) is 5.10 Å². The summed E-state index contributed by atoms with van der Waals surface area (Å²) >= 11 is 0. The number of hydrogen-bond acceptors (Lipinski definition) is 4. The van der Waals surface area contributed by atoms with Gasteiger partial charge >= 0.3 is 6.03 Å². The Labute approximate surface area is 141 Å². The number of amides is 2. The Hall–Kier alpha value is -2.38. The van der Waals surface area contributed by atoms with Gasteiger partial charge in [-0.2, -0.15) is 5.10 Å². The van der Waals surface area contributed by atoms with Crippen LogP contribution in [0.2, 0.25) is 0 Å². The van der Waals surface area contributed by atoms with E-state index in [0.717, 1.165) is 45.3 Å². The van der Waals surface area contributed by atoms with Crippen molar-refractivity contribution in [2.24, 2.45) is 0 Å². The smallest absolute Gasteiger partial charge is 0.321 e. The molecule has 3 heterocycles. The topological polar surface area (TPSA) is 80.9 Å². The SMILES string of the molecule is CCCn1cc(NC(=O)N2CCCC[C@@H]2CCn2cccn2)nn1. The number of urea groups is 1. The molecule has 1 N–H and O–H groups in total. The van der Waals surface area contributed by atoms with Gasteiger partial charge in [-0.25, -0.2) is 4.79 Å². The van der Waals surface area contributed by atoms with Crippen molar-refractivity contribution in [2.75, 3.05) is 11.9 Å². The Bertz CT molecular complexity index is 637. The number of aromatic nitrogens is 5. The van der Waals surface area contributed by atoms with Crippen LogP contribution < -0.4 is 5.32 Å². The second-order valence-electron chi connectivity index (χ2n) is 6.20. The molecule has 1 aliphatic rings. The predicted molar refractivity (Wildman–Crippen MR) is 90.5 cm³/mol. The zero-order valence-electron chi connectivity index (χ0n) is 14.1. The molecule has 0 aliphatic carbocycles. The van der Waals surface area contributed by atoms with Gasteiger partial charge in [0.2, 0.25) is 0 Å². The normalized spacial score (nSPS) is 17.9. The maximum Gasteiger partial charge on any atom is 0.323 e. The number of nitrogens with zero attached hydrogens (tertiary/aromatic N) is 6. The molecule has 1 aliphatic heterocycles. The van der Waals surface area contributed by atoms with E-state index in [1.165, 1.54) is 6.42 Å². The summed E-state index contributed by atoms with van der Waals surface area (Å²) in [6, 6.07) is 2.09. The third-order valence-corrected chi connectivity index (χ3v) is 4.36. The lowest BCUT2D eigenvalue weighted by atomic mass is 10.00. The minimum Gasteiger partial charge on any atom is -0.321 e. The van der Waals surface area contributed by atoms with E-state index in [-0.39, 0.29) is 12.1 Å². The van der Waals surface area contributed by atoms with Gasteiger partial charge in [0.15, 0.2) is 5.82 Å². The van der Waals surface area contributed by atoms with Crippen LogP contribution in [0.25, 0.3) is 0 Å². The van der Waals surface area contributed by atoms with E-state index >= 15 is 0 Å². The highest BCUT2D eigenvalue weighted by Gasteiger charge is 2.27. The number of piperidine rings is 1. The van der Waals surface area contributed by atoms with Crippen molar-refractivity contribution in [1.82, 2.24) is 29.7 Å². The van der Waals surface area contributed by atoms with E-state index in [1.54, 1.807) is 17.1 Å². The fraction of sp³-hybridized carbons (Fsp3) is 0.625. The summed E-state index contributed by atoms with van der Waals surface area (Å²) in [6.45, 7) is 4.50. The fourth-order valence-corrected chi connectivity index (χ4v) is 3.16. The Kier molecular flexibility index (Phi) is 5.45. The largest absolute Gasteiger partial charge is 0.323 e. The van der Waals surface area contributed by atoms with E-state index in [2.05, 4.69) is 27.7 Å². The van der Waals surface area contributed by atoms with Crippen LogP contribution in [0.1, 0.15) is 39.0 Å². The van der Waals surface area contributed by atoms with Gasteiger partial charge in [0, 0.05) is 38.1 Å². The number of likely N-dealkylation sites (tertiary alicyclic amines) is 1. The average Bonchev–Trinajstić information content (AvgIpc) is 3.25. The monoisotopic (exact) mass is 331 g/mol. The van der Waals surface area contributed by atoms with Crippen LogP contribution >= 0.6 is 0 Å². The third kappa shape index (κ3) is 4.12. The number of hydrogen-bond donors (Lipinski definition) is 1. The molecule has 0 spiro atoms. The van der Waals surface area contributed by atoms with E-state index in [0.29, 0.717) is 5.82 Å². The molecular formula is C16H25N7O. The van der Waals surface area contributed by atoms with Crippen molar-refractivity contribution in [3.8, 4) is 0 Å². The minimum atomic E-state index is -0.0799. The molecule has 0 aromatic carbocycles. The Morgan fingerprint density at radius 2 is 2.25 bits per heavy atom. The number of carbonyl (C=O) groups excluding carboxylic acids is 1. The molecule has 3 rings (SSSR count). The van der Waals surface area contributed by atoms with Crippen molar-refractivity contribution < 1.29 is 4.79 Å². The molecule has 2 aromatic rings. The van der Waals surface area contributed by atoms with Crippen LogP contribution in [-0.4, -0.2) is 48.3 Å². The molecule has 1 atom stereocenters. The zero-order valence-corrected chi connectivity index (χ0v) is 14.1.